The van der Waals surface area contributed by atoms with Crippen molar-refractivity contribution >= 4 is 5.78 Å². The van der Waals surface area contributed by atoms with Crippen molar-refractivity contribution < 1.29 is 4.79 Å². The molecule has 0 aromatic rings. The van der Waals surface area contributed by atoms with E-state index in [1.807, 2.05) is 0 Å². The van der Waals surface area contributed by atoms with Crippen LogP contribution in [0.25, 0.3) is 0 Å². The summed E-state index contributed by atoms with van der Waals surface area (Å²) in [5.41, 5.74) is 0. The van der Waals surface area contributed by atoms with Gasteiger partial charge in [0, 0.05) is 12.8 Å². The Morgan fingerprint density at radius 3 is 1.83 bits per heavy atom. The molecule has 0 atom stereocenters. The van der Waals surface area contributed by atoms with E-state index < -0.39 is 0 Å². The lowest BCUT2D eigenvalue weighted by atomic mass is 10.0. The van der Waals surface area contributed by atoms with Crippen molar-refractivity contribution in [1.82, 2.24) is 0 Å². The van der Waals surface area contributed by atoms with Gasteiger partial charge in [-0.1, -0.05) is 43.6 Å². The predicted octanol–water partition coefficient (Wildman–Crippen LogP) is 5.36. The summed E-state index contributed by atoms with van der Waals surface area (Å²) in [4.78, 5) is 11.6. The van der Waals surface area contributed by atoms with Gasteiger partial charge in [0.1, 0.15) is 5.78 Å². The number of rotatable bonds is 0. The fourth-order valence-electron chi connectivity index (χ4n) is 2.32. The summed E-state index contributed by atoms with van der Waals surface area (Å²) in [6.45, 7) is 0. The molecule has 0 saturated heterocycles. The lowest BCUT2D eigenvalue weighted by Gasteiger charge is -2.01. The van der Waals surface area contributed by atoms with E-state index in [2.05, 4.69) is 24.3 Å². The molecule has 0 aliphatic heterocycles. The first-order chi connectivity index (χ1) is 8.89. The Balaban J connectivity index is 2.24. The monoisotopic (exact) mass is 248 g/mol. The van der Waals surface area contributed by atoms with E-state index in [0.717, 1.165) is 44.9 Å². The average molecular weight is 248 g/mol. The van der Waals surface area contributed by atoms with E-state index in [0.29, 0.717) is 5.78 Å². The van der Waals surface area contributed by atoms with Crippen LogP contribution in [-0.4, -0.2) is 5.78 Å². The highest BCUT2D eigenvalue weighted by molar-refractivity contribution is 5.78. The second-order valence-electron chi connectivity index (χ2n) is 5.26. The van der Waals surface area contributed by atoms with Crippen LogP contribution in [0.1, 0.15) is 77.0 Å². The van der Waals surface area contributed by atoms with Crippen LogP contribution >= 0.6 is 0 Å². The molecule has 0 saturated carbocycles. The van der Waals surface area contributed by atoms with E-state index >= 15 is 0 Å². The Bertz CT molecular complexity index is 263. The SMILES string of the molecule is O=C1CCC/C=C\CC/C=C/CCCCCCC1. The molecule has 0 unspecified atom stereocenters. The highest BCUT2D eigenvalue weighted by Gasteiger charge is 2.00. The molecule has 0 fully saturated rings. The molecule has 102 valence electrons. The molecule has 0 radical (unpaired) electrons. The highest BCUT2D eigenvalue weighted by atomic mass is 16.1. The zero-order valence-corrected chi connectivity index (χ0v) is 11.7. The molecule has 1 aliphatic rings. The van der Waals surface area contributed by atoms with E-state index in [4.69, 9.17) is 0 Å². The Morgan fingerprint density at radius 1 is 0.556 bits per heavy atom. The highest BCUT2D eigenvalue weighted by Crippen LogP contribution is 2.10. The fraction of sp³-hybridized carbons (Fsp3) is 0.706. The molecule has 0 bridgehead atoms. The molecule has 1 aliphatic carbocycles. The van der Waals surface area contributed by atoms with Crippen molar-refractivity contribution in [3.63, 3.8) is 0 Å². The van der Waals surface area contributed by atoms with Gasteiger partial charge in [-0.15, -0.1) is 0 Å². The van der Waals surface area contributed by atoms with E-state index in [-0.39, 0.29) is 0 Å². The maximum atomic E-state index is 11.6. The Kier molecular flexibility index (Phi) is 9.51. The second kappa shape index (κ2) is 11.3. The quantitative estimate of drug-likeness (QED) is 0.527. The van der Waals surface area contributed by atoms with Gasteiger partial charge in [-0.05, 0) is 44.9 Å². The molecule has 1 nitrogen and oxygen atoms in total. The molecule has 0 spiro atoms. The lowest BCUT2D eigenvalue weighted by Crippen LogP contribution is -1.97. The smallest absolute Gasteiger partial charge is 0.132 e. The van der Waals surface area contributed by atoms with Crippen LogP contribution in [0.3, 0.4) is 0 Å². The van der Waals surface area contributed by atoms with Crippen molar-refractivity contribution in [3.8, 4) is 0 Å². The number of ketones is 1. The minimum absolute atomic E-state index is 0.467. The van der Waals surface area contributed by atoms with Crippen LogP contribution in [0.2, 0.25) is 0 Å². The Hall–Kier alpha value is -0.850. The minimum Gasteiger partial charge on any atom is -0.300 e. The van der Waals surface area contributed by atoms with E-state index in [9.17, 15) is 4.79 Å². The third-order valence-corrected chi connectivity index (χ3v) is 3.49. The molecule has 0 aromatic carbocycles. The van der Waals surface area contributed by atoms with Crippen LogP contribution in [-0.2, 0) is 4.79 Å². The first-order valence-electron chi connectivity index (χ1n) is 7.71. The Labute approximate surface area is 112 Å². The molecule has 1 heteroatoms. The van der Waals surface area contributed by atoms with E-state index in [1.54, 1.807) is 0 Å². The van der Waals surface area contributed by atoms with Gasteiger partial charge in [0.05, 0.1) is 0 Å². The third-order valence-electron chi connectivity index (χ3n) is 3.49. The molecule has 18 heavy (non-hydrogen) atoms. The van der Waals surface area contributed by atoms with Gasteiger partial charge < -0.3 is 0 Å². The zero-order chi connectivity index (χ0) is 12.9. The molecular formula is C17H28O. The number of hydrogen-bond acceptors (Lipinski definition) is 1. The summed E-state index contributed by atoms with van der Waals surface area (Å²) >= 11 is 0. The molecule has 0 N–H and O–H groups in total. The lowest BCUT2D eigenvalue weighted by molar-refractivity contribution is -0.119. The van der Waals surface area contributed by atoms with Gasteiger partial charge in [0.2, 0.25) is 0 Å². The first kappa shape index (κ1) is 15.2. The topological polar surface area (TPSA) is 17.1 Å². The van der Waals surface area contributed by atoms with Crippen LogP contribution in [0.15, 0.2) is 24.3 Å². The van der Waals surface area contributed by atoms with Crippen LogP contribution in [0.4, 0.5) is 0 Å². The summed E-state index contributed by atoms with van der Waals surface area (Å²) in [6, 6.07) is 0. The minimum atomic E-state index is 0.467. The number of allylic oxidation sites excluding steroid dienone is 4. The maximum absolute atomic E-state index is 11.6. The summed E-state index contributed by atoms with van der Waals surface area (Å²) in [6.07, 6.45) is 22.6. The van der Waals surface area contributed by atoms with Crippen molar-refractivity contribution in [1.29, 1.82) is 0 Å². The maximum Gasteiger partial charge on any atom is 0.132 e. The van der Waals surface area contributed by atoms with Crippen LogP contribution < -0.4 is 0 Å². The predicted molar refractivity (Wildman–Crippen MR) is 78.7 cm³/mol. The first-order valence-corrected chi connectivity index (χ1v) is 7.71. The van der Waals surface area contributed by atoms with Gasteiger partial charge in [0.15, 0.2) is 0 Å². The normalized spacial score (nSPS) is 25.2. The zero-order valence-electron chi connectivity index (χ0n) is 11.7. The van der Waals surface area contributed by atoms with Crippen molar-refractivity contribution in [2.24, 2.45) is 0 Å². The van der Waals surface area contributed by atoms with E-state index in [1.165, 1.54) is 32.1 Å². The summed E-state index contributed by atoms with van der Waals surface area (Å²) in [7, 11) is 0. The fourth-order valence-corrected chi connectivity index (χ4v) is 2.32. The number of carbonyl (C=O) groups excluding carboxylic acids is 1. The standard InChI is InChI=1S/C17H28O/c18-17-15-13-11-9-7-5-3-1-2-4-6-8-10-12-14-16-17/h1-2,7,9H,3-6,8,10-16H2/b2-1+,9-7-. The number of carbonyl (C=O) groups is 1. The molecule has 0 amide bonds. The Morgan fingerprint density at radius 2 is 1.06 bits per heavy atom. The third kappa shape index (κ3) is 9.21. The van der Waals surface area contributed by atoms with Crippen molar-refractivity contribution in [2.45, 2.75) is 77.0 Å². The summed E-state index contributed by atoms with van der Waals surface area (Å²) in [5, 5.41) is 0. The summed E-state index contributed by atoms with van der Waals surface area (Å²) in [5.74, 6) is 0.467. The molecule has 1 rings (SSSR count). The summed E-state index contributed by atoms with van der Waals surface area (Å²) < 4.78 is 0. The van der Waals surface area contributed by atoms with Crippen LogP contribution in [0, 0.1) is 0 Å². The molecule has 0 heterocycles. The van der Waals surface area contributed by atoms with Gasteiger partial charge in [0.25, 0.3) is 0 Å². The molecule has 0 aromatic heterocycles. The number of hydrogen-bond donors (Lipinski definition) is 0. The average Bonchev–Trinajstić information content (AvgIpc) is 2.37. The van der Waals surface area contributed by atoms with Crippen molar-refractivity contribution in [2.75, 3.05) is 0 Å². The van der Waals surface area contributed by atoms with Gasteiger partial charge >= 0.3 is 0 Å². The van der Waals surface area contributed by atoms with Crippen molar-refractivity contribution in [3.05, 3.63) is 24.3 Å². The number of Topliss-reactive ketones (excluding diaryl/α,β-unsaturated/α-hetero) is 1. The van der Waals surface area contributed by atoms with Gasteiger partial charge in [-0.25, -0.2) is 0 Å². The van der Waals surface area contributed by atoms with Gasteiger partial charge in [-0.2, -0.15) is 0 Å². The molecular weight excluding hydrogens is 220 g/mol. The van der Waals surface area contributed by atoms with Gasteiger partial charge in [-0.3, -0.25) is 4.79 Å². The largest absolute Gasteiger partial charge is 0.300 e. The second-order valence-corrected chi connectivity index (χ2v) is 5.26. The van der Waals surface area contributed by atoms with Crippen LogP contribution in [0.5, 0.6) is 0 Å².